The van der Waals surface area contributed by atoms with Gasteiger partial charge >= 0.3 is 0 Å². The van der Waals surface area contributed by atoms with Crippen LogP contribution in [-0.4, -0.2) is 0 Å². The summed E-state index contributed by atoms with van der Waals surface area (Å²) in [5.74, 6) is 0. The normalized spacial score (nSPS) is 15.1. The van der Waals surface area contributed by atoms with Crippen molar-refractivity contribution in [3.8, 4) is 44.5 Å². The number of rotatable bonds is 4. The zero-order valence-corrected chi connectivity index (χ0v) is 25.8. The summed E-state index contributed by atoms with van der Waals surface area (Å²) in [7, 11) is 0. The lowest BCUT2D eigenvalue weighted by Gasteiger charge is -2.19. The topological polar surface area (TPSA) is 13.1 Å². The molecule has 228 valence electrons. The minimum Gasteiger partial charge on any atom is -0.456 e. The first kappa shape index (κ1) is 18.2. The van der Waals surface area contributed by atoms with Crippen molar-refractivity contribution in [3.63, 3.8) is 0 Å². The highest BCUT2D eigenvalue weighted by atomic mass is 16.3. The van der Waals surface area contributed by atoms with Crippen LogP contribution in [-0.2, 0) is 0 Å². The summed E-state index contributed by atoms with van der Waals surface area (Å²) in [6, 6.07) is 28.3. The second-order valence-electron chi connectivity index (χ2n) is 11.8. The summed E-state index contributed by atoms with van der Waals surface area (Å²) in [5.41, 5.74) is 2.48. The van der Waals surface area contributed by atoms with Gasteiger partial charge < -0.3 is 4.42 Å². The lowest BCUT2D eigenvalue weighted by atomic mass is 9.83. The van der Waals surface area contributed by atoms with Crippen molar-refractivity contribution in [1.82, 2.24) is 0 Å². The maximum atomic E-state index is 9.90. The molecule has 10 rings (SSSR count). The molecule has 10 aromatic rings. The van der Waals surface area contributed by atoms with Gasteiger partial charge in [0.15, 0.2) is 0 Å². The van der Waals surface area contributed by atoms with Gasteiger partial charge in [-0.05, 0) is 107 Å². The van der Waals surface area contributed by atoms with Crippen LogP contribution in [0.5, 0.6) is 0 Å². The minimum absolute atomic E-state index is 0.0323. The number of fused-ring (bicyclic) bond motifs is 6. The Morgan fingerprint density at radius 2 is 1.00 bits per heavy atom. The summed E-state index contributed by atoms with van der Waals surface area (Å²) in [6.45, 7) is 0. The zero-order chi connectivity index (χ0) is 42.8. The Balaban J connectivity index is 1.42. The molecule has 0 amide bonds. The van der Waals surface area contributed by atoms with Gasteiger partial charge in [0.25, 0.3) is 0 Å². The average Bonchev–Trinajstić information content (AvgIpc) is 3.68. The molecule has 1 heteroatoms. The van der Waals surface area contributed by atoms with Crippen LogP contribution in [0.25, 0.3) is 98.8 Å². The molecule has 9 aromatic carbocycles. The number of hydrogen-bond donors (Lipinski definition) is 0. The van der Waals surface area contributed by atoms with E-state index in [0.29, 0.717) is 43.8 Å². The Labute approximate surface area is 301 Å². The fourth-order valence-corrected chi connectivity index (χ4v) is 6.94. The standard InChI is InChI=1S/C48H30O/c1-3-14-31(15-4-1)33-26-27-44-43(29-33)48-41(24-13-25-45(48)49-44)47-39-22-11-9-20-37(39)46(38-21-10-12-23-40(38)47)35-28-34-18-7-8-19-36(34)42(30-35)32-16-5-2-6-17-32/h1-30H/i7D,8D,13D,18D,19D,24D,25D,26D,27D,28D,29D,30D. The van der Waals surface area contributed by atoms with Crippen molar-refractivity contribution < 1.29 is 20.9 Å². The number of hydrogen-bond acceptors (Lipinski definition) is 1. The second kappa shape index (κ2) is 11.1. The molecule has 0 N–H and O–H groups in total. The SMILES string of the molecule is [2H]c1c(-c2ccccc2)c([2H])c2c(oc3c([2H])c([2H])c([2H])c(-c4c5ccccc5c(-c5c([2H])c(-c6ccccc6)c6c([2H])c([2H])c([2H])c([2H])c6c5[2H])c5ccccc45)c32)c1[2H]. The van der Waals surface area contributed by atoms with Crippen molar-refractivity contribution in [2.45, 2.75) is 0 Å². The molecular formula is C48H30O. The molecule has 0 bridgehead atoms. The van der Waals surface area contributed by atoms with Gasteiger partial charge in [-0.3, -0.25) is 0 Å². The van der Waals surface area contributed by atoms with Gasteiger partial charge in [0.2, 0.25) is 0 Å². The van der Waals surface area contributed by atoms with Crippen molar-refractivity contribution >= 4 is 54.3 Å². The number of furan rings is 1. The third-order valence-electron chi connectivity index (χ3n) is 9.07. The van der Waals surface area contributed by atoms with E-state index in [9.17, 15) is 5.48 Å². The van der Waals surface area contributed by atoms with E-state index >= 15 is 0 Å². The summed E-state index contributed by atoms with van der Waals surface area (Å²) in [4.78, 5) is 0. The summed E-state index contributed by atoms with van der Waals surface area (Å²) in [6.07, 6.45) is 0. The molecule has 0 fully saturated rings. The Morgan fingerprint density at radius 1 is 0.367 bits per heavy atom. The van der Waals surface area contributed by atoms with E-state index in [1.165, 1.54) is 0 Å². The molecule has 0 saturated carbocycles. The van der Waals surface area contributed by atoms with E-state index in [2.05, 4.69) is 0 Å². The Kier molecular flexibility index (Phi) is 4.11. The Hall–Kier alpha value is -6.44. The van der Waals surface area contributed by atoms with E-state index in [4.69, 9.17) is 15.4 Å². The minimum atomic E-state index is -0.500. The molecule has 0 spiro atoms. The lowest BCUT2D eigenvalue weighted by Crippen LogP contribution is -1.92. The maximum Gasteiger partial charge on any atom is 0.136 e. The molecular weight excluding hydrogens is 593 g/mol. The fourth-order valence-electron chi connectivity index (χ4n) is 6.94. The van der Waals surface area contributed by atoms with Crippen LogP contribution in [0.15, 0.2) is 186 Å². The second-order valence-corrected chi connectivity index (χ2v) is 11.8. The van der Waals surface area contributed by atoms with E-state index in [-0.39, 0.29) is 97.3 Å². The van der Waals surface area contributed by atoms with Crippen molar-refractivity contribution in [2.24, 2.45) is 0 Å². The van der Waals surface area contributed by atoms with Gasteiger partial charge in [-0.25, -0.2) is 0 Å². The summed E-state index contributed by atoms with van der Waals surface area (Å²) in [5, 5.41) is 2.47. The third-order valence-corrected chi connectivity index (χ3v) is 9.07. The average molecular weight is 635 g/mol. The molecule has 49 heavy (non-hydrogen) atoms. The van der Waals surface area contributed by atoms with Crippen LogP contribution < -0.4 is 0 Å². The Morgan fingerprint density at radius 3 is 1.71 bits per heavy atom. The highest BCUT2D eigenvalue weighted by molar-refractivity contribution is 6.26. The molecule has 0 atom stereocenters. The van der Waals surface area contributed by atoms with Gasteiger partial charge in [0.05, 0.1) is 16.4 Å². The molecule has 0 saturated heterocycles. The van der Waals surface area contributed by atoms with Crippen LogP contribution in [0.4, 0.5) is 0 Å². The monoisotopic (exact) mass is 634 g/mol. The van der Waals surface area contributed by atoms with Crippen molar-refractivity contribution in [2.75, 3.05) is 0 Å². The van der Waals surface area contributed by atoms with Crippen LogP contribution >= 0.6 is 0 Å². The van der Waals surface area contributed by atoms with E-state index in [1.807, 2.05) is 36.4 Å². The highest BCUT2D eigenvalue weighted by Gasteiger charge is 2.21. The molecule has 1 aromatic heterocycles. The van der Waals surface area contributed by atoms with Gasteiger partial charge in [-0.15, -0.1) is 0 Å². The fraction of sp³-hybridized carbons (Fsp3) is 0. The molecule has 1 heterocycles. The molecule has 0 aliphatic rings. The molecule has 1 nitrogen and oxygen atoms in total. The van der Waals surface area contributed by atoms with Gasteiger partial charge in [-0.1, -0.05) is 151 Å². The first-order valence-electron chi connectivity index (χ1n) is 21.9. The van der Waals surface area contributed by atoms with E-state index in [0.717, 1.165) is 0 Å². The molecule has 0 radical (unpaired) electrons. The van der Waals surface area contributed by atoms with Crippen LogP contribution in [0.2, 0.25) is 0 Å². The largest absolute Gasteiger partial charge is 0.456 e. The van der Waals surface area contributed by atoms with Crippen LogP contribution in [0, 0.1) is 0 Å². The van der Waals surface area contributed by atoms with E-state index in [1.54, 1.807) is 72.8 Å². The van der Waals surface area contributed by atoms with Crippen LogP contribution in [0.3, 0.4) is 0 Å². The maximum absolute atomic E-state index is 9.90. The quantitative estimate of drug-likeness (QED) is 0.176. The predicted molar refractivity (Wildman–Crippen MR) is 208 cm³/mol. The van der Waals surface area contributed by atoms with Gasteiger partial charge in [-0.2, -0.15) is 0 Å². The Bertz CT molecular complexity index is 3490. The van der Waals surface area contributed by atoms with Crippen molar-refractivity contribution in [1.29, 1.82) is 0 Å². The first-order valence-corrected chi connectivity index (χ1v) is 15.9. The van der Waals surface area contributed by atoms with Gasteiger partial charge in [0.1, 0.15) is 11.2 Å². The van der Waals surface area contributed by atoms with E-state index < -0.39 is 30.2 Å². The van der Waals surface area contributed by atoms with Crippen LogP contribution in [0.1, 0.15) is 16.4 Å². The molecule has 0 aliphatic heterocycles. The lowest BCUT2D eigenvalue weighted by molar-refractivity contribution is 0.669. The summed E-state index contributed by atoms with van der Waals surface area (Å²) >= 11 is 0. The zero-order valence-electron chi connectivity index (χ0n) is 37.8. The van der Waals surface area contributed by atoms with Crippen molar-refractivity contribution in [3.05, 3.63) is 182 Å². The third kappa shape index (κ3) is 4.40. The smallest absolute Gasteiger partial charge is 0.136 e. The number of benzene rings is 9. The predicted octanol–water partition coefficient (Wildman–Crippen LogP) is 13.7. The molecule has 0 aliphatic carbocycles. The summed E-state index contributed by atoms with van der Waals surface area (Å²) < 4.78 is 116. The highest BCUT2D eigenvalue weighted by Crippen LogP contribution is 2.48. The first-order chi connectivity index (χ1) is 29.3. The molecule has 0 unspecified atom stereocenters. The van der Waals surface area contributed by atoms with Gasteiger partial charge in [0, 0.05) is 10.8 Å².